The molecule has 1 rings (SSSR count). The van der Waals surface area contributed by atoms with Crippen LogP contribution in [0.2, 0.25) is 0 Å². The minimum absolute atomic E-state index is 0.554. The lowest BCUT2D eigenvalue weighted by atomic mass is 10.1. The van der Waals surface area contributed by atoms with Crippen LogP contribution < -0.4 is 4.74 Å². The van der Waals surface area contributed by atoms with Gasteiger partial charge in [0, 0.05) is 5.92 Å². The molecular weight excluding hydrogens is 204 g/mol. The molecule has 1 aromatic rings. The third-order valence-electron chi connectivity index (χ3n) is 2.66. The fourth-order valence-corrected chi connectivity index (χ4v) is 1.81. The Morgan fingerprint density at radius 3 is 2.60 bits per heavy atom. The van der Waals surface area contributed by atoms with E-state index in [4.69, 9.17) is 4.74 Å². The summed E-state index contributed by atoms with van der Waals surface area (Å²) in [4.78, 5) is 0. The Morgan fingerprint density at radius 2 is 2.00 bits per heavy atom. The van der Waals surface area contributed by atoms with Crippen molar-refractivity contribution < 1.29 is 4.74 Å². The van der Waals surface area contributed by atoms with E-state index < -0.39 is 0 Å². The quantitative estimate of drug-likeness (QED) is 0.727. The Hall–Kier alpha value is -0.630. The SMILES string of the molecule is CCc1ccccc1OCC(CC)CS. The Bertz CT molecular complexity index is 282. The van der Waals surface area contributed by atoms with Crippen molar-refractivity contribution in [2.75, 3.05) is 12.4 Å². The zero-order chi connectivity index (χ0) is 11.1. The number of aryl methyl sites for hydroxylation is 1. The summed E-state index contributed by atoms with van der Waals surface area (Å²) < 4.78 is 5.82. The lowest BCUT2D eigenvalue weighted by molar-refractivity contribution is 0.257. The van der Waals surface area contributed by atoms with Crippen LogP contribution in [0.25, 0.3) is 0 Å². The predicted octanol–water partition coefficient (Wildman–Crippen LogP) is 3.58. The van der Waals surface area contributed by atoms with Gasteiger partial charge in [0.25, 0.3) is 0 Å². The highest BCUT2D eigenvalue weighted by molar-refractivity contribution is 7.80. The summed E-state index contributed by atoms with van der Waals surface area (Å²) in [6.07, 6.45) is 2.14. The number of hydrogen-bond acceptors (Lipinski definition) is 2. The van der Waals surface area contributed by atoms with Crippen LogP contribution in [0.5, 0.6) is 5.75 Å². The second-order valence-corrected chi connectivity index (χ2v) is 4.09. The largest absolute Gasteiger partial charge is 0.493 e. The van der Waals surface area contributed by atoms with E-state index >= 15 is 0 Å². The highest BCUT2D eigenvalue weighted by Crippen LogP contribution is 2.19. The second kappa shape index (κ2) is 6.78. The van der Waals surface area contributed by atoms with Crippen LogP contribution in [0.15, 0.2) is 24.3 Å². The molecule has 1 unspecified atom stereocenters. The summed E-state index contributed by atoms with van der Waals surface area (Å²) in [5.74, 6) is 2.48. The molecule has 0 saturated heterocycles. The molecule has 2 heteroatoms. The molecule has 0 saturated carbocycles. The van der Waals surface area contributed by atoms with E-state index in [1.165, 1.54) is 5.56 Å². The molecule has 15 heavy (non-hydrogen) atoms. The van der Waals surface area contributed by atoms with Gasteiger partial charge < -0.3 is 4.74 Å². The van der Waals surface area contributed by atoms with E-state index in [9.17, 15) is 0 Å². The Labute approximate surface area is 98.3 Å². The number of rotatable bonds is 6. The van der Waals surface area contributed by atoms with Gasteiger partial charge >= 0.3 is 0 Å². The van der Waals surface area contributed by atoms with Crippen molar-refractivity contribution in [1.82, 2.24) is 0 Å². The molecule has 0 amide bonds. The third-order valence-corrected chi connectivity index (χ3v) is 3.18. The second-order valence-electron chi connectivity index (χ2n) is 3.73. The highest BCUT2D eigenvalue weighted by Gasteiger charge is 2.06. The number of para-hydroxylation sites is 1. The van der Waals surface area contributed by atoms with Gasteiger partial charge in [-0.2, -0.15) is 12.6 Å². The molecule has 0 aliphatic carbocycles. The summed E-state index contributed by atoms with van der Waals surface area (Å²) in [6.45, 7) is 5.10. The van der Waals surface area contributed by atoms with Crippen LogP contribution in [-0.4, -0.2) is 12.4 Å². The number of benzene rings is 1. The predicted molar refractivity (Wildman–Crippen MR) is 68.9 cm³/mol. The van der Waals surface area contributed by atoms with Gasteiger partial charge in [-0.3, -0.25) is 0 Å². The molecule has 0 spiro atoms. The highest BCUT2D eigenvalue weighted by atomic mass is 32.1. The van der Waals surface area contributed by atoms with E-state index in [-0.39, 0.29) is 0 Å². The monoisotopic (exact) mass is 224 g/mol. The van der Waals surface area contributed by atoms with Gasteiger partial charge in [-0.25, -0.2) is 0 Å². The molecule has 0 fully saturated rings. The number of thiol groups is 1. The van der Waals surface area contributed by atoms with E-state index in [0.29, 0.717) is 5.92 Å². The minimum Gasteiger partial charge on any atom is -0.493 e. The molecule has 0 bridgehead atoms. The average molecular weight is 224 g/mol. The van der Waals surface area contributed by atoms with Crippen molar-refractivity contribution in [3.8, 4) is 5.75 Å². The Morgan fingerprint density at radius 1 is 1.27 bits per heavy atom. The molecule has 0 N–H and O–H groups in total. The summed E-state index contributed by atoms with van der Waals surface area (Å²) in [5.41, 5.74) is 1.28. The van der Waals surface area contributed by atoms with Gasteiger partial charge in [-0.05, 0) is 30.2 Å². The molecule has 0 aromatic heterocycles. The van der Waals surface area contributed by atoms with Gasteiger partial charge in [0.15, 0.2) is 0 Å². The fraction of sp³-hybridized carbons (Fsp3) is 0.538. The van der Waals surface area contributed by atoms with E-state index in [2.05, 4.69) is 38.6 Å². The first-order chi connectivity index (χ1) is 7.31. The van der Waals surface area contributed by atoms with Gasteiger partial charge in [-0.1, -0.05) is 32.0 Å². The van der Waals surface area contributed by atoms with Crippen LogP contribution in [0.4, 0.5) is 0 Å². The maximum atomic E-state index is 5.82. The first-order valence-electron chi connectivity index (χ1n) is 5.63. The van der Waals surface area contributed by atoms with Crippen molar-refractivity contribution in [2.24, 2.45) is 5.92 Å². The van der Waals surface area contributed by atoms with Crippen molar-refractivity contribution in [3.63, 3.8) is 0 Å². The zero-order valence-corrected chi connectivity index (χ0v) is 10.5. The maximum Gasteiger partial charge on any atom is 0.122 e. The molecule has 0 aliphatic heterocycles. The summed E-state index contributed by atoms with van der Waals surface area (Å²) in [7, 11) is 0. The van der Waals surface area contributed by atoms with Crippen LogP contribution in [0, 0.1) is 5.92 Å². The summed E-state index contributed by atoms with van der Waals surface area (Å²) in [6, 6.07) is 8.25. The van der Waals surface area contributed by atoms with Crippen molar-refractivity contribution in [2.45, 2.75) is 26.7 Å². The maximum absolute atomic E-state index is 5.82. The lowest BCUT2D eigenvalue weighted by Gasteiger charge is -2.15. The molecule has 0 heterocycles. The first kappa shape index (κ1) is 12.4. The van der Waals surface area contributed by atoms with Gasteiger partial charge in [0.1, 0.15) is 5.75 Å². The molecule has 1 atom stereocenters. The normalized spacial score (nSPS) is 12.5. The van der Waals surface area contributed by atoms with Gasteiger partial charge in [0.2, 0.25) is 0 Å². The van der Waals surface area contributed by atoms with E-state index in [1.807, 2.05) is 12.1 Å². The van der Waals surface area contributed by atoms with Crippen LogP contribution in [0.3, 0.4) is 0 Å². The number of hydrogen-bond donors (Lipinski definition) is 1. The fourth-order valence-electron chi connectivity index (χ4n) is 1.44. The van der Waals surface area contributed by atoms with E-state index in [1.54, 1.807) is 0 Å². The Balaban J connectivity index is 2.56. The van der Waals surface area contributed by atoms with Crippen LogP contribution >= 0.6 is 12.6 Å². The van der Waals surface area contributed by atoms with Crippen LogP contribution in [0.1, 0.15) is 25.8 Å². The third kappa shape index (κ3) is 3.78. The minimum atomic E-state index is 0.554. The standard InChI is InChI=1S/C13H20OS/c1-3-11(10-15)9-14-13-8-6-5-7-12(13)4-2/h5-8,11,15H,3-4,9-10H2,1-2H3. The summed E-state index contributed by atoms with van der Waals surface area (Å²) >= 11 is 4.31. The van der Waals surface area contributed by atoms with Crippen molar-refractivity contribution in [1.29, 1.82) is 0 Å². The summed E-state index contributed by atoms with van der Waals surface area (Å²) in [5, 5.41) is 0. The number of ether oxygens (including phenoxy) is 1. The average Bonchev–Trinajstić information content (AvgIpc) is 2.31. The van der Waals surface area contributed by atoms with Gasteiger partial charge in [-0.15, -0.1) is 0 Å². The van der Waals surface area contributed by atoms with Gasteiger partial charge in [0.05, 0.1) is 6.61 Å². The first-order valence-corrected chi connectivity index (χ1v) is 6.26. The molecule has 0 radical (unpaired) electrons. The smallest absolute Gasteiger partial charge is 0.122 e. The van der Waals surface area contributed by atoms with E-state index in [0.717, 1.165) is 31.0 Å². The lowest BCUT2D eigenvalue weighted by Crippen LogP contribution is -2.13. The molecular formula is C13H20OS. The Kier molecular flexibility index (Phi) is 5.62. The van der Waals surface area contributed by atoms with Crippen molar-refractivity contribution in [3.05, 3.63) is 29.8 Å². The molecule has 1 nitrogen and oxygen atoms in total. The van der Waals surface area contributed by atoms with Crippen LogP contribution in [-0.2, 0) is 6.42 Å². The molecule has 1 aromatic carbocycles. The molecule has 84 valence electrons. The topological polar surface area (TPSA) is 9.23 Å². The van der Waals surface area contributed by atoms with Crippen molar-refractivity contribution >= 4 is 12.6 Å². The molecule has 0 aliphatic rings. The zero-order valence-electron chi connectivity index (χ0n) is 9.57.